The summed E-state index contributed by atoms with van der Waals surface area (Å²) in [5, 5.41) is 50.4. The van der Waals surface area contributed by atoms with Gasteiger partial charge in [0.25, 0.3) is 5.91 Å². The number of carboxylic acid groups (broad SMARTS) is 1. The Bertz CT molecular complexity index is 1630. The van der Waals surface area contributed by atoms with Crippen LogP contribution in [-0.2, 0) is 48.0 Å². The van der Waals surface area contributed by atoms with E-state index in [-0.39, 0.29) is 63.7 Å². The lowest BCUT2D eigenvalue weighted by molar-refractivity contribution is -0.233. The smallest absolute Gasteiger partial charge is 0.332 e. The van der Waals surface area contributed by atoms with Crippen LogP contribution in [0.1, 0.15) is 77.8 Å². The first-order valence-electron chi connectivity index (χ1n) is 18.4. The van der Waals surface area contributed by atoms with Gasteiger partial charge in [0, 0.05) is 40.4 Å². The minimum atomic E-state index is -1.47. The van der Waals surface area contributed by atoms with Gasteiger partial charge in [0.05, 0.1) is 12.1 Å². The number of aliphatic carboxylic acids is 1. The highest BCUT2D eigenvalue weighted by atomic mass is 16.7. The Hall–Kier alpha value is -5.75. The van der Waals surface area contributed by atoms with Gasteiger partial charge in [-0.25, -0.2) is 25.0 Å². The van der Waals surface area contributed by atoms with Crippen LogP contribution in [0.15, 0.2) is 30.3 Å². The highest BCUT2D eigenvalue weighted by molar-refractivity contribution is 5.97. The molecule has 1 unspecified atom stereocenters. The van der Waals surface area contributed by atoms with E-state index in [1.807, 2.05) is 0 Å². The second kappa shape index (κ2) is 23.5. The number of hydroxylamine groups is 8. The van der Waals surface area contributed by atoms with E-state index >= 15 is 0 Å². The van der Waals surface area contributed by atoms with Gasteiger partial charge in [0.2, 0.25) is 41.4 Å². The maximum atomic E-state index is 14.0. The summed E-state index contributed by atoms with van der Waals surface area (Å²) in [5.41, 5.74) is 6.28. The fraction of sp³-hybridized carbons (Fsp3) is 0.571. The summed E-state index contributed by atoms with van der Waals surface area (Å²) in [6, 6.07) is 0.364. The maximum Gasteiger partial charge on any atom is 0.332 e. The van der Waals surface area contributed by atoms with Gasteiger partial charge in [-0.3, -0.25) is 58.8 Å². The SMILES string of the molecule is CC(=O)N(O)CCC[C@H](NC(=O)[C@H](CCCN(O)C(C)=O)NC(=O)[C@@H](N)CCCN(O)C(C)=O)C(=O)N[C@@H](C(=O)NC1C(=O)N(OCC(=O)O)[C@H]1C)c1ccccc1. The number of benzene rings is 1. The molecule has 1 fully saturated rings. The normalized spacial score (nSPS) is 16.7. The van der Waals surface area contributed by atoms with Gasteiger partial charge in [0.1, 0.15) is 24.2 Å². The van der Waals surface area contributed by atoms with E-state index in [1.165, 1.54) is 19.1 Å². The molecule has 23 nitrogen and oxygen atoms in total. The largest absolute Gasteiger partial charge is 0.479 e. The van der Waals surface area contributed by atoms with Crippen molar-refractivity contribution in [2.75, 3.05) is 26.2 Å². The van der Waals surface area contributed by atoms with E-state index in [0.717, 1.165) is 25.8 Å². The van der Waals surface area contributed by atoms with E-state index in [4.69, 9.17) is 15.7 Å². The number of hydrogen-bond acceptors (Lipinski definition) is 14. The molecule has 0 bridgehead atoms. The van der Waals surface area contributed by atoms with Gasteiger partial charge in [-0.2, -0.15) is 0 Å². The van der Waals surface area contributed by atoms with E-state index in [2.05, 4.69) is 21.3 Å². The second-order valence-corrected chi connectivity index (χ2v) is 13.5. The van der Waals surface area contributed by atoms with Crippen LogP contribution in [0.4, 0.5) is 0 Å². The van der Waals surface area contributed by atoms with Gasteiger partial charge in [0.15, 0.2) is 6.61 Å². The summed E-state index contributed by atoms with van der Waals surface area (Å²) >= 11 is 0. The molecule has 8 amide bonds. The van der Waals surface area contributed by atoms with Crippen LogP contribution in [0.3, 0.4) is 0 Å². The molecule has 23 heteroatoms. The first-order valence-corrected chi connectivity index (χ1v) is 18.4. The predicted molar refractivity (Wildman–Crippen MR) is 196 cm³/mol. The minimum Gasteiger partial charge on any atom is -0.479 e. The summed E-state index contributed by atoms with van der Waals surface area (Å²) in [6.45, 7) is 3.42. The quantitative estimate of drug-likeness (QED) is 0.0307. The van der Waals surface area contributed by atoms with Crippen molar-refractivity contribution in [1.82, 2.24) is 41.5 Å². The lowest BCUT2D eigenvalue weighted by Crippen LogP contribution is -2.70. The Labute approximate surface area is 333 Å². The predicted octanol–water partition coefficient (Wildman–Crippen LogP) is -2.07. The van der Waals surface area contributed by atoms with Crippen LogP contribution in [0, 0.1) is 0 Å². The fourth-order valence-corrected chi connectivity index (χ4v) is 5.55. The zero-order valence-corrected chi connectivity index (χ0v) is 32.7. The summed E-state index contributed by atoms with van der Waals surface area (Å²) in [4.78, 5) is 118. The van der Waals surface area contributed by atoms with Crippen molar-refractivity contribution < 1.29 is 68.7 Å². The molecule has 58 heavy (non-hydrogen) atoms. The van der Waals surface area contributed by atoms with Crippen molar-refractivity contribution in [3.63, 3.8) is 0 Å². The third kappa shape index (κ3) is 15.3. The standard InChI is InChI=1S/C35H53N9O14/c1-20-29(35(54)44(20)58-19-28(48)49)39-34(53)30(24-11-6-5-7-12-24)40-33(52)27(15-10-18-43(57)23(4)47)38-32(51)26(14-9-17-42(56)22(3)46)37-31(50)25(36)13-8-16-41(55)21(2)45/h5-7,11-12,20,25-27,29-30,55-57H,8-10,13-19,36H2,1-4H3,(H,37,50)(H,38,51)(H,39,53)(H,40,52)(H,48,49)/t20-,25-,26-,27-,29?,30+/m0/s1. The third-order valence-corrected chi connectivity index (χ3v) is 8.95. The van der Waals surface area contributed by atoms with Crippen LogP contribution < -0.4 is 27.0 Å². The van der Waals surface area contributed by atoms with Crippen molar-refractivity contribution >= 4 is 53.2 Å². The number of nitrogens with zero attached hydrogens (tertiary/aromatic N) is 4. The highest BCUT2D eigenvalue weighted by Crippen LogP contribution is 2.22. The Kier molecular flexibility index (Phi) is 19.6. The molecule has 0 spiro atoms. The van der Waals surface area contributed by atoms with Crippen LogP contribution >= 0.6 is 0 Å². The lowest BCUT2D eigenvalue weighted by atomic mass is 9.98. The summed E-state index contributed by atoms with van der Waals surface area (Å²) in [5.74, 6) is -7.59. The maximum absolute atomic E-state index is 14.0. The minimum absolute atomic E-state index is 0.0142. The molecule has 0 radical (unpaired) electrons. The zero-order chi connectivity index (χ0) is 43.7. The molecule has 1 heterocycles. The monoisotopic (exact) mass is 823 g/mol. The van der Waals surface area contributed by atoms with Crippen molar-refractivity contribution in [2.24, 2.45) is 5.73 Å². The van der Waals surface area contributed by atoms with Gasteiger partial charge < -0.3 is 32.1 Å². The highest BCUT2D eigenvalue weighted by Gasteiger charge is 2.48. The van der Waals surface area contributed by atoms with Gasteiger partial charge in [-0.05, 0) is 51.0 Å². The molecule has 0 aromatic heterocycles. The van der Waals surface area contributed by atoms with Crippen molar-refractivity contribution in [3.8, 4) is 0 Å². The van der Waals surface area contributed by atoms with E-state index in [9.17, 15) is 58.8 Å². The molecule has 0 aliphatic carbocycles. The molecule has 0 saturated carbocycles. The molecule has 1 aliphatic heterocycles. The number of β-lactam (4-membered cyclic amide) rings is 1. The molecule has 10 N–H and O–H groups in total. The molecule has 1 saturated heterocycles. The Morgan fingerprint density at radius 3 is 1.62 bits per heavy atom. The first-order chi connectivity index (χ1) is 27.2. The molecule has 1 aliphatic rings. The van der Waals surface area contributed by atoms with Gasteiger partial charge in [-0.1, -0.05) is 30.3 Å². The number of nitrogens with one attached hydrogen (secondary N) is 4. The molecule has 6 atom stereocenters. The molecule has 1 aromatic carbocycles. The number of amides is 8. The van der Waals surface area contributed by atoms with Crippen molar-refractivity contribution in [2.45, 2.75) is 102 Å². The number of carbonyl (C=O) groups excluding carboxylic acids is 8. The summed E-state index contributed by atoms with van der Waals surface area (Å²) in [6.07, 6.45) is -0.377. The van der Waals surface area contributed by atoms with Crippen LogP contribution in [0.2, 0.25) is 0 Å². The number of rotatable bonds is 24. The zero-order valence-electron chi connectivity index (χ0n) is 32.7. The number of carboxylic acids is 1. The number of nitrogens with two attached hydrogens (primary N) is 1. The lowest BCUT2D eigenvalue weighted by Gasteiger charge is -2.43. The Morgan fingerprint density at radius 1 is 0.724 bits per heavy atom. The van der Waals surface area contributed by atoms with Crippen molar-refractivity contribution in [3.05, 3.63) is 35.9 Å². The fourth-order valence-electron chi connectivity index (χ4n) is 5.55. The number of carbonyl (C=O) groups is 9. The van der Waals surface area contributed by atoms with Gasteiger partial charge >= 0.3 is 5.97 Å². The number of hydrogen-bond donors (Lipinski definition) is 9. The molecule has 1 aromatic rings. The first kappa shape index (κ1) is 48.4. The van der Waals surface area contributed by atoms with Crippen LogP contribution in [0.25, 0.3) is 0 Å². The second-order valence-electron chi connectivity index (χ2n) is 13.5. The van der Waals surface area contributed by atoms with Crippen LogP contribution in [-0.4, -0.2) is 151 Å². The Morgan fingerprint density at radius 2 is 1.17 bits per heavy atom. The van der Waals surface area contributed by atoms with E-state index in [0.29, 0.717) is 15.2 Å². The molecular formula is C35H53N9O14. The van der Waals surface area contributed by atoms with Crippen molar-refractivity contribution in [1.29, 1.82) is 0 Å². The Balaban J connectivity index is 2.34. The van der Waals surface area contributed by atoms with Crippen LogP contribution in [0.5, 0.6) is 0 Å². The molecule has 2 rings (SSSR count). The summed E-state index contributed by atoms with van der Waals surface area (Å²) in [7, 11) is 0. The third-order valence-electron chi connectivity index (χ3n) is 8.95. The van der Waals surface area contributed by atoms with E-state index in [1.54, 1.807) is 18.2 Å². The van der Waals surface area contributed by atoms with Gasteiger partial charge in [-0.15, -0.1) is 0 Å². The average molecular weight is 824 g/mol. The average Bonchev–Trinajstić information content (AvgIpc) is 3.17. The molecule has 322 valence electrons. The van der Waals surface area contributed by atoms with E-state index < -0.39 is 96.1 Å². The topological polar surface area (TPSA) is 331 Å². The molecular weight excluding hydrogens is 770 g/mol. The summed E-state index contributed by atoms with van der Waals surface area (Å²) < 4.78 is 0.